The number of anilines is 2. The summed E-state index contributed by atoms with van der Waals surface area (Å²) in [6, 6.07) is 30.5. The molecule has 0 amide bonds. The van der Waals surface area contributed by atoms with Crippen LogP contribution in [0, 0.1) is 13.8 Å². The fraction of sp³-hybridized carbons (Fsp3) is 0.0882. The molecule has 10 nitrogen and oxygen atoms in total. The van der Waals surface area contributed by atoms with Crippen LogP contribution in [0.25, 0.3) is 43.9 Å². The Labute approximate surface area is 259 Å². The van der Waals surface area contributed by atoms with Gasteiger partial charge in [-0.1, -0.05) is 59.7 Å². The van der Waals surface area contributed by atoms with Gasteiger partial charge in [0.2, 0.25) is 0 Å². The highest BCUT2D eigenvalue weighted by molar-refractivity contribution is 7.86. The third-order valence-electron chi connectivity index (χ3n) is 7.64. The number of nitrogens with two attached hydrogens (primary N) is 1. The van der Waals surface area contributed by atoms with Crippen molar-refractivity contribution in [1.82, 2.24) is 0 Å². The maximum absolute atomic E-state index is 12.5. The van der Waals surface area contributed by atoms with Gasteiger partial charge in [0.25, 0.3) is 10.1 Å². The molecule has 4 aromatic rings. The van der Waals surface area contributed by atoms with Crippen LogP contribution >= 0.6 is 0 Å². The second-order valence-electron chi connectivity index (χ2n) is 10.5. The van der Waals surface area contributed by atoms with Crippen molar-refractivity contribution >= 4 is 38.1 Å². The van der Waals surface area contributed by atoms with Crippen molar-refractivity contribution in [1.29, 1.82) is 0 Å². The normalized spacial score (nSPS) is 12.0. The standard InChI is InChI=1S/C34H28N6O4S/c1-21-8-3-5-12-29(21)40(36)25-15-17-27-31(19-25)44-30-18-24(38-34-22(2)9-7-10-23(34)20-37-39-35)14-16-26(30)33(27)28-11-4-6-13-32(28)45(41,42)43/h3-19H,20,36H2,1-2H3,(H,41,42,43). The average molecular weight is 617 g/mol. The van der Waals surface area contributed by atoms with E-state index >= 15 is 0 Å². The fourth-order valence-corrected chi connectivity index (χ4v) is 6.19. The number of hydrogen-bond acceptors (Lipinski definition) is 7. The van der Waals surface area contributed by atoms with Crippen molar-refractivity contribution in [3.8, 4) is 22.5 Å². The number of azide groups is 1. The van der Waals surface area contributed by atoms with Gasteiger partial charge >= 0.3 is 0 Å². The molecular weight excluding hydrogens is 588 g/mol. The Balaban J connectivity index is 1.64. The molecule has 0 fully saturated rings. The first kappa shape index (κ1) is 29.6. The van der Waals surface area contributed by atoms with E-state index < -0.39 is 10.1 Å². The average Bonchev–Trinajstić information content (AvgIpc) is 3.03. The first-order chi connectivity index (χ1) is 21.7. The highest BCUT2D eigenvalue weighted by atomic mass is 32.2. The summed E-state index contributed by atoms with van der Waals surface area (Å²) >= 11 is 0. The minimum absolute atomic E-state index is 0.148. The van der Waals surface area contributed by atoms with Gasteiger partial charge in [0.05, 0.1) is 29.0 Å². The minimum Gasteiger partial charge on any atom is -0.456 e. The van der Waals surface area contributed by atoms with Crippen molar-refractivity contribution in [2.24, 2.45) is 15.9 Å². The Hall–Kier alpha value is -5.45. The van der Waals surface area contributed by atoms with Gasteiger partial charge in [0.1, 0.15) is 16.2 Å². The SMILES string of the molecule is Cc1ccccc1N(N)c1ccc2c(-c3ccccc3S(=O)(=O)O)c3ccc(=Nc4c(C)cccc4CN=[N+]=[N-])cc-3oc2c1. The van der Waals surface area contributed by atoms with Crippen LogP contribution in [0.2, 0.25) is 0 Å². The van der Waals surface area contributed by atoms with Crippen molar-refractivity contribution in [3.63, 3.8) is 0 Å². The molecule has 0 spiro atoms. The Bertz CT molecular complexity index is 2290. The highest BCUT2D eigenvalue weighted by Crippen LogP contribution is 2.43. The molecule has 0 bridgehead atoms. The molecule has 2 aliphatic rings. The summed E-state index contributed by atoms with van der Waals surface area (Å²) in [7, 11) is -4.56. The fourth-order valence-electron chi connectivity index (χ4n) is 5.49. The topological polar surface area (TPSA) is 158 Å². The quantitative estimate of drug-likeness (QED) is 0.0350. The lowest BCUT2D eigenvalue weighted by Gasteiger charge is -2.22. The van der Waals surface area contributed by atoms with E-state index in [0.29, 0.717) is 50.2 Å². The number of aryl methyl sites for hydroxylation is 2. The van der Waals surface area contributed by atoms with Gasteiger partial charge < -0.3 is 4.42 Å². The van der Waals surface area contributed by atoms with Gasteiger partial charge in [-0.25, -0.2) is 10.8 Å². The number of benzene rings is 5. The Kier molecular flexibility index (Phi) is 7.84. The molecule has 0 radical (unpaired) electrons. The predicted octanol–water partition coefficient (Wildman–Crippen LogP) is 8.12. The molecule has 11 heteroatoms. The monoisotopic (exact) mass is 616 g/mol. The molecule has 0 saturated heterocycles. The zero-order valence-corrected chi connectivity index (χ0v) is 25.2. The van der Waals surface area contributed by atoms with Gasteiger partial charge in [0.15, 0.2) is 0 Å². The molecule has 0 unspecified atom stereocenters. The smallest absolute Gasteiger partial charge is 0.295 e. The van der Waals surface area contributed by atoms with Crippen LogP contribution in [0.1, 0.15) is 16.7 Å². The van der Waals surface area contributed by atoms with Crippen molar-refractivity contribution in [2.45, 2.75) is 25.3 Å². The summed E-state index contributed by atoms with van der Waals surface area (Å²) in [4.78, 5) is 7.53. The number of fused-ring (bicyclic) bond motifs is 2. The summed E-state index contributed by atoms with van der Waals surface area (Å²) in [5, 5.41) is 6.48. The lowest BCUT2D eigenvalue weighted by atomic mass is 9.93. The zero-order chi connectivity index (χ0) is 31.7. The lowest BCUT2D eigenvalue weighted by molar-refractivity contribution is 0.483. The molecular formula is C34H28N6O4S. The van der Waals surface area contributed by atoms with Gasteiger partial charge in [-0.15, -0.1) is 0 Å². The summed E-state index contributed by atoms with van der Waals surface area (Å²) in [5.74, 6) is 6.99. The largest absolute Gasteiger partial charge is 0.456 e. The lowest BCUT2D eigenvalue weighted by Crippen LogP contribution is -2.25. The van der Waals surface area contributed by atoms with E-state index in [1.807, 2.05) is 74.5 Å². The molecule has 1 aliphatic heterocycles. The van der Waals surface area contributed by atoms with Crippen LogP contribution in [0.3, 0.4) is 0 Å². The van der Waals surface area contributed by atoms with Crippen molar-refractivity contribution in [2.75, 3.05) is 5.01 Å². The highest BCUT2D eigenvalue weighted by Gasteiger charge is 2.24. The van der Waals surface area contributed by atoms with Crippen LogP contribution in [-0.4, -0.2) is 13.0 Å². The maximum Gasteiger partial charge on any atom is 0.295 e. The van der Waals surface area contributed by atoms with Crippen molar-refractivity contribution in [3.05, 3.63) is 136 Å². The van der Waals surface area contributed by atoms with Crippen molar-refractivity contribution < 1.29 is 17.4 Å². The Morgan fingerprint density at radius 1 is 0.889 bits per heavy atom. The summed E-state index contributed by atoms with van der Waals surface area (Å²) in [6.45, 7) is 4.04. The van der Waals surface area contributed by atoms with Gasteiger partial charge in [-0.2, -0.15) is 8.42 Å². The van der Waals surface area contributed by atoms with Crippen LogP contribution in [0.4, 0.5) is 17.1 Å². The molecule has 1 aliphatic carbocycles. The second kappa shape index (κ2) is 11.9. The van der Waals surface area contributed by atoms with Crippen LogP contribution in [0.5, 0.6) is 0 Å². The molecule has 4 aromatic carbocycles. The zero-order valence-electron chi connectivity index (χ0n) is 24.4. The van der Waals surface area contributed by atoms with Crippen LogP contribution in [0.15, 0.2) is 123 Å². The van der Waals surface area contributed by atoms with E-state index in [2.05, 4.69) is 10.0 Å². The molecule has 45 heavy (non-hydrogen) atoms. The minimum atomic E-state index is -4.56. The van der Waals surface area contributed by atoms with E-state index in [4.69, 9.17) is 20.8 Å². The third kappa shape index (κ3) is 5.76. The molecule has 3 N–H and O–H groups in total. The second-order valence-corrected chi connectivity index (χ2v) is 11.9. The van der Waals surface area contributed by atoms with E-state index in [9.17, 15) is 13.0 Å². The molecule has 0 aromatic heterocycles. The number of para-hydroxylation sites is 2. The first-order valence-corrected chi connectivity index (χ1v) is 15.4. The van der Waals surface area contributed by atoms with E-state index in [0.717, 1.165) is 22.4 Å². The summed E-state index contributed by atoms with van der Waals surface area (Å²) in [6.07, 6.45) is 0. The van der Waals surface area contributed by atoms with Crippen LogP contribution in [-0.2, 0) is 16.7 Å². The molecule has 224 valence electrons. The van der Waals surface area contributed by atoms with Gasteiger partial charge in [-0.05, 0) is 72.5 Å². The number of rotatable bonds is 7. The molecule has 0 atom stereocenters. The maximum atomic E-state index is 12.5. The number of hydrogen-bond donors (Lipinski definition) is 2. The summed E-state index contributed by atoms with van der Waals surface area (Å²) in [5.41, 5.74) is 15.6. The molecule has 0 saturated carbocycles. The first-order valence-electron chi connectivity index (χ1n) is 14.0. The van der Waals surface area contributed by atoms with E-state index in [-0.39, 0.29) is 11.4 Å². The molecule has 1 heterocycles. The Morgan fingerprint density at radius 2 is 1.64 bits per heavy atom. The summed E-state index contributed by atoms with van der Waals surface area (Å²) < 4.78 is 41.6. The number of nitrogens with zero attached hydrogens (tertiary/aromatic N) is 5. The van der Waals surface area contributed by atoms with Gasteiger partial charge in [-0.3, -0.25) is 9.56 Å². The van der Waals surface area contributed by atoms with Crippen LogP contribution < -0.4 is 16.2 Å². The number of hydrazine groups is 1. The Morgan fingerprint density at radius 3 is 2.42 bits per heavy atom. The third-order valence-corrected chi connectivity index (χ3v) is 8.55. The predicted molar refractivity (Wildman–Crippen MR) is 175 cm³/mol. The van der Waals surface area contributed by atoms with E-state index in [1.54, 1.807) is 41.4 Å². The molecule has 6 rings (SSSR count). The van der Waals surface area contributed by atoms with E-state index in [1.165, 1.54) is 6.07 Å². The van der Waals surface area contributed by atoms with Gasteiger partial charge in [0, 0.05) is 39.1 Å².